The maximum atomic E-state index is 15.4. The number of para-hydroxylation sites is 1. The molecule has 0 spiro atoms. The number of phenolic OH excluding ortho intramolecular Hbond substituents is 1. The summed E-state index contributed by atoms with van der Waals surface area (Å²) in [5.41, 5.74) is 14.8. The van der Waals surface area contributed by atoms with Crippen LogP contribution in [0.2, 0.25) is 0 Å². The standard InChI is InChI=1S/C92H122N18O22S/c1-48(2)34-63-81(120)102-67(37-53-22-28-57(29-23-53)56-18-14-13-15-19-56)88(127)108-79(51(7)8)92(131)110(11)52(9)91(130)109(10)44-75(115)97-69(40-73(93)113)85(124)100-64(35-49(3)4)87(126)107-78(50(5)6)90(129)105-71(45-111)89(128)106-72(80(119)96-43-74(94)114)46-133-47-76(116)98-65(36-55-26-32-60(132-12)33-27-55)82(121)101-66(38-54-24-30-59(112)31-25-54)83(122)104-70(41-77(117)118)86(125)103-68(84(123)99-63)39-58-42-95-62-21-17-16-20-61(58)62/h13-33,42,48-52,63-72,78-79,95,111-112H,34-41,43-47H2,1-12H3,(H2,93,113)(H2,94,114)(H,96,119)(H,97,115)(H,98,116)(H,99,123)(H,100,124)(H,101,121)(H,102,120)(H,103,125)(H,104,122)(H,105,129)(H,106,128)(H,107,126)(H,108,127)(H,117,118)/t52-,63-,64-,65-,66-,67-,68-,69-,70-,71-,72-,78-,79-/m0/s1. The van der Waals surface area contributed by atoms with E-state index in [0.29, 0.717) is 45.1 Å². The molecule has 40 nitrogen and oxygen atoms in total. The molecule has 1 aromatic heterocycles. The lowest BCUT2D eigenvalue weighted by molar-refractivity contribution is -0.147. The van der Waals surface area contributed by atoms with Crippen LogP contribution >= 0.6 is 11.8 Å². The quantitative estimate of drug-likeness (QED) is 0.0347. The third kappa shape index (κ3) is 33.1. The fraction of sp³-hybridized carbons (Fsp3) is 0.457. The number of aromatic amines is 1. The smallest absolute Gasteiger partial charge is 0.305 e. The summed E-state index contributed by atoms with van der Waals surface area (Å²) in [5, 5.41) is 65.2. The zero-order chi connectivity index (χ0) is 98.2. The highest BCUT2D eigenvalue weighted by Crippen LogP contribution is 2.25. The summed E-state index contributed by atoms with van der Waals surface area (Å²) < 4.78 is 5.34. The fourth-order valence-electron chi connectivity index (χ4n) is 14.5. The van der Waals surface area contributed by atoms with Gasteiger partial charge in [0.25, 0.3) is 0 Å². The van der Waals surface area contributed by atoms with Crippen LogP contribution in [0, 0.1) is 23.7 Å². The van der Waals surface area contributed by atoms with Crippen LogP contribution in [-0.4, -0.2) is 267 Å². The van der Waals surface area contributed by atoms with E-state index in [2.05, 4.69) is 74.1 Å². The molecule has 133 heavy (non-hydrogen) atoms. The minimum Gasteiger partial charge on any atom is -0.508 e. The summed E-state index contributed by atoms with van der Waals surface area (Å²) >= 11 is 0.690. The number of carboxylic acid groups (broad SMARTS) is 1. The Kier molecular flexibility index (Phi) is 40.7. The Morgan fingerprint density at radius 2 is 0.902 bits per heavy atom. The van der Waals surface area contributed by atoms with Gasteiger partial charge in [-0.15, -0.1) is 11.8 Å². The van der Waals surface area contributed by atoms with Crippen LogP contribution in [0.1, 0.15) is 110 Å². The average Bonchev–Trinajstić information content (AvgIpc) is 1.75. The number of fused-ring (bicyclic) bond motifs is 1. The molecule has 1 saturated heterocycles. The number of amides is 17. The van der Waals surface area contributed by atoms with E-state index in [-0.39, 0.29) is 49.3 Å². The number of aliphatic hydroxyl groups excluding tert-OH is 1. The van der Waals surface area contributed by atoms with Gasteiger partial charge in [-0.3, -0.25) is 86.3 Å². The first kappa shape index (κ1) is 106. The number of methoxy groups -OCH3 is 1. The monoisotopic (exact) mass is 1860 g/mol. The molecular weight excluding hydrogens is 1740 g/mol. The Balaban J connectivity index is 1.32. The molecule has 0 radical (unpaired) electrons. The number of nitrogens with two attached hydrogens (primary N) is 2. The van der Waals surface area contributed by atoms with Crippen molar-refractivity contribution in [2.75, 3.05) is 52.4 Å². The van der Waals surface area contributed by atoms with Crippen molar-refractivity contribution in [1.29, 1.82) is 0 Å². The predicted octanol–water partition coefficient (Wildman–Crippen LogP) is -0.963. The first-order chi connectivity index (χ1) is 62.9. The highest BCUT2D eigenvalue weighted by Gasteiger charge is 2.41. The normalized spacial score (nSPS) is 22.8. The molecule has 7 rings (SSSR count). The number of aromatic hydroxyl groups is 1. The van der Waals surface area contributed by atoms with E-state index in [1.54, 1.807) is 121 Å². The molecule has 0 unspecified atom stereocenters. The summed E-state index contributed by atoms with van der Waals surface area (Å²) in [7, 11) is 3.88. The van der Waals surface area contributed by atoms with Crippen molar-refractivity contribution in [1.82, 2.24) is 83.9 Å². The summed E-state index contributed by atoms with van der Waals surface area (Å²) in [4.78, 5) is 263. The summed E-state index contributed by atoms with van der Waals surface area (Å²) in [6.45, 7) is 11.7. The van der Waals surface area contributed by atoms with E-state index in [9.17, 15) is 72.9 Å². The van der Waals surface area contributed by atoms with Crippen LogP contribution in [0.4, 0.5) is 0 Å². The molecule has 1 aliphatic rings. The number of carbonyl (C=O) groups is 18. The number of nitrogens with one attached hydrogen (secondary N) is 14. The molecule has 0 aliphatic carbocycles. The van der Waals surface area contributed by atoms with Gasteiger partial charge in [0.15, 0.2) is 0 Å². The molecular formula is C92H122N18O22S. The van der Waals surface area contributed by atoms with Crippen molar-refractivity contribution < 1.29 is 106 Å². The third-order valence-electron chi connectivity index (χ3n) is 21.8. The molecule has 1 fully saturated rings. The predicted molar refractivity (Wildman–Crippen MR) is 490 cm³/mol. The lowest BCUT2D eigenvalue weighted by Crippen LogP contribution is -2.61. The van der Waals surface area contributed by atoms with Crippen LogP contribution in [0.5, 0.6) is 11.5 Å². The van der Waals surface area contributed by atoms with E-state index in [4.69, 9.17) is 16.2 Å². The van der Waals surface area contributed by atoms with E-state index >= 15 is 28.8 Å². The number of carbonyl (C=O) groups excluding carboxylic acids is 17. The van der Waals surface area contributed by atoms with Crippen LogP contribution in [-0.2, 0) is 112 Å². The van der Waals surface area contributed by atoms with Gasteiger partial charge in [-0.05, 0) is 107 Å². The van der Waals surface area contributed by atoms with Crippen LogP contribution in [0.15, 0.2) is 134 Å². The molecule has 1 aliphatic heterocycles. The van der Waals surface area contributed by atoms with Crippen molar-refractivity contribution in [3.8, 4) is 22.6 Å². The number of aliphatic hydroxyl groups is 1. The third-order valence-corrected chi connectivity index (χ3v) is 22.8. The van der Waals surface area contributed by atoms with Gasteiger partial charge in [0.2, 0.25) is 100 Å². The van der Waals surface area contributed by atoms with Gasteiger partial charge in [-0.1, -0.05) is 152 Å². The number of aliphatic carboxylic acids is 1. The summed E-state index contributed by atoms with van der Waals surface area (Å²) in [6.07, 6.45) is -2.05. The lowest BCUT2D eigenvalue weighted by Gasteiger charge is -2.33. The minimum atomic E-state index is -2.08. The van der Waals surface area contributed by atoms with Crippen LogP contribution in [0.3, 0.4) is 0 Å². The minimum absolute atomic E-state index is 0.125. The van der Waals surface area contributed by atoms with Crippen molar-refractivity contribution in [3.63, 3.8) is 0 Å². The van der Waals surface area contributed by atoms with E-state index in [1.165, 1.54) is 66.2 Å². The Bertz CT molecular complexity index is 5120. The van der Waals surface area contributed by atoms with E-state index in [1.807, 2.05) is 30.3 Å². The lowest BCUT2D eigenvalue weighted by atomic mass is 9.97. The topological polar surface area (TPSA) is 608 Å². The van der Waals surface area contributed by atoms with Gasteiger partial charge in [0.05, 0.1) is 45.4 Å². The van der Waals surface area contributed by atoms with Gasteiger partial charge < -0.3 is 115 Å². The molecule has 6 aromatic rings. The number of ether oxygens (including phenoxy) is 1. The van der Waals surface area contributed by atoms with Crippen molar-refractivity contribution in [2.45, 2.75) is 192 Å². The second-order valence-corrected chi connectivity index (χ2v) is 35.2. The fourth-order valence-corrected chi connectivity index (χ4v) is 15.3. The first-order valence-corrected chi connectivity index (χ1v) is 44.6. The maximum Gasteiger partial charge on any atom is 0.305 e. The number of thioether (sulfide) groups is 1. The number of likely N-dealkylation sites (N-methyl/N-ethyl adjacent to an activating group) is 2. The Morgan fingerprint density at radius 1 is 0.474 bits per heavy atom. The van der Waals surface area contributed by atoms with E-state index in [0.717, 1.165) is 20.9 Å². The Labute approximate surface area is 773 Å². The second kappa shape index (κ2) is 51.0. The number of nitrogens with zero attached hydrogens (tertiary/aromatic N) is 2. The number of aromatic nitrogens is 1. The number of carboxylic acids is 1. The number of hydrogen-bond donors (Lipinski definition) is 19. The zero-order valence-corrected chi connectivity index (χ0v) is 77.1. The largest absolute Gasteiger partial charge is 0.508 e. The van der Waals surface area contributed by atoms with Crippen LogP contribution < -0.4 is 85.3 Å². The molecule has 0 bridgehead atoms. The summed E-state index contributed by atoms with van der Waals surface area (Å²) in [5.74, 6) is -22.5. The van der Waals surface area contributed by atoms with Gasteiger partial charge in [0, 0.05) is 62.6 Å². The van der Waals surface area contributed by atoms with Gasteiger partial charge >= 0.3 is 5.97 Å². The second-order valence-electron chi connectivity index (χ2n) is 34.2. The number of primary amides is 2. The van der Waals surface area contributed by atoms with Gasteiger partial charge in [-0.25, -0.2) is 0 Å². The Morgan fingerprint density at radius 3 is 1.41 bits per heavy atom. The number of phenols is 1. The number of benzene rings is 5. The number of hydrogen-bond acceptors (Lipinski definition) is 22. The number of rotatable bonds is 24. The molecule has 0 saturated carbocycles. The maximum absolute atomic E-state index is 15.4. The van der Waals surface area contributed by atoms with Gasteiger partial charge in [0.1, 0.15) is 90.0 Å². The molecule has 5 aromatic carbocycles. The SMILES string of the molecule is COc1ccc(C[C@@H]2NC(=O)CSC[C@@H](C(=O)NCC(N)=O)NC(=O)[C@H](CO)NC(=O)[C@H](C(C)C)NC(=O)[C@H](CC(C)C)NC(=O)[C@H](CC(N)=O)NC(=O)CN(C)C(=O)[C@H](C)N(C)C(=O)[C@H](C(C)C)NC(=O)[C@H](Cc3ccc(-c4ccccc4)cc3)NC(=O)[C@H](CC(C)C)NC(=O)[C@H](Cc3c[nH]c4ccccc34)NC(=O)[C@H](CC(=O)O)NC(=O)[C@H](Cc3ccc(O)cc3)NC2=O)cc1. The summed E-state index contributed by atoms with van der Waals surface area (Å²) in [6, 6.07) is 13.3. The molecule has 2 heterocycles. The van der Waals surface area contributed by atoms with Crippen molar-refractivity contribution in [3.05, 3.63) is 156 Å². The van der Waals surface area contributed by atoms with Gasteiger partial charge in [-0.2, -0.15) is 0 Å². The molecule has 41 heteroatoms. The van der Waals surface area contributed by atoms with E-state index < -0.39 is 253 Å². The first-order valence-electron chi connectivity index (χ1n) is 43.4. The molecule has 21 N–H and O–H groups in total. The Hall–Kier alpha value is -14.0. The highest BCUT2D eigenvalue weighted by atomic mass is 32.2. The number of H-pyrrole nitrogens is 1. The molecule has 17 amide bonds. The molecule has 718 valence electrons. The van der Waals surface area contributed by atoms with Crippen LogP contribution in [0.25, 0.3) is 22.0 Å². The average molecular weight is 1860 g/mol. The molecule has 13 atom stereocenters. The zero-order valence-electron chi connectivity index (χ0n) is 76.3. The van der Waals surface area contributed by atoms with Crippen molar-refractivity contribution in [2.24, 2.45) is 35.1 Å². The highest BCUT2D eigenvalue weighted by molar-refractivity contribution is 8.00. The van der Waals surface area contributed by atoms with Crippen molar-refractivity contribution >= 4 is 129 Å².